The van der Waals surface area contributed by atoms with Gasteiger partial charge in [0.2, 0.25) is 0 Å². The van der Waals surface area contributed by atoms with Gasteiger partial charge in [-0.05, 0) is 48.9 Å². The zero-order valence-electron chi connectivity index (χ0n) is 18.8. The van der Waals surface area contributed by atoms with Gasteiger partial charge in [-0.25, -0.2) is 19.3 Å². The van der Waals surface area contributed by atoms with Crippen LogP contribution >= 0.6 is 23.2 Å². The second-order valence-electron chi connectivity index (χ2n) is 7.87. The summed E-state index contributed by atoms with van der Waals surface area (Å²) in [4.78, 5) is 29.3. The average molecular weight is 557 g/mol. The maximum absolute atomic E-state index is 13.0. The number of nitrogens with one attached hydrogen (secondary N) is 1. The molecule has 2 aromatic heterocycles. The Balaban J connectivity index is 1.60. The van der Waals surface area contributed by atoms with Gasteiger partial charge in [-0.1, -0.05) is 29.3 Å². The minimum Gasteiger partial charge on any atom is -0.419 e. The summed E-state index contributed by atoms with van der Waals surface area (Å²) in [5.74, 6) is -1.36. The number of hydrogen-bond acceptors (Lipinski definition) is 7. The number of aliphatic hydroxyl groups is 1. The van der Waals surface area contributed by atoms with Gasteiger partial charge in [0.25, 0.3) is 5.82 Å². The van der Waals surface area contributed by atoms with Crippen LogP contribution in [0.1, 0.15) is 22.0 Å². The predicted molar refractivity (Wildman–Crippen MR) is 126 cm³/mol. The lowest BCUT2D eigenvalue weighted by Crippen LogP contribution is -2.37. The molecule has 0 aliphatic carbocycles. The molecule has 0 saturated heterocycles. The molecule has 10 nitrogen and oxygen atoms in total. The zero-order chi connectivity index (χ0) is 26.9. The SMILES string of the molecule is Cc1ccc(OC(=O)c2n[nH]c(Cn3nc(-c4ccc(Cl)cc4)n(C[C@H](O)C(F)(F)F)c3=O)n2)c(Cl)c1. The van der Waals surface area contributed by atoms with Crippen molar-refractivity contribution in [2.45, 2.75) is 32.3 Å². The highest BCUT2D eigenvalue weighted by Crippen LogP contribution is 2.26. The van der Waals surface area contributed by atoms with Crippen molar-refractivity contribution in [1.82, 2.24) is 29.5 Å². The molecule has 0 spiro atoms. The topological polar surface area (TPSA) is 128 Å². The molecule has 4 aromatic rings. The predicted octanol–water partition coefficient (Wildman–Crippen LogP) is 3.64. The van der Waals surface area contributed by atoms with Crippen LogP contribution in [0.5, 0.6) is 5.75 Å². The number of ether oxygens (including phenoxy) is 1. The number of esters is 1. The molecule has 0 bridgehead atoms. The van der Waals surface area contributed by atoms with Crippen LogP contribution in [0.15, 0.2) is 47.3 Å². The van der Waals surface area contributed by atoms with Gasteiger partial charge < -0.3 is 9.84 Å². The lowest BCUT2D eigenvalue weighted by Gasteiger charge is -2.15. The normalized spacial score (nSPS) is 12.5. The van der Waals surface area contributed by atoms with Crippen LogP contribution < -0.4 is 10.4 Å². The number of H-pyrrole nitrogens is 1. The molecule has 0 aliphatic rings. The maximum atomic E-state index is 13.0. The number of carbonyl (C=O) groups excluding carboxylic acids is 1. The molecule has 1 atom stereocenters. The fourth-order valence-corrected chi connectivity index (χ4v) is 3.63. The summed E-state index contributed by atoms with van der Waals surface area (Å²) in [6, 6.07) is 10.7. The van der Waals surface area contributed by atoms with Crippen molar-refractivity contribution in [3.05, 3.63) is 80.2 Å². The zero-order valence-corrected chi connectivity index (χ0v) is 20.3. The number of alkyl halides is 3. The van der Waals surface area contributed by atoms with Gasteiger partial charge in [0, 0.05) is 10.6 Å². The van der Waals surface area contributed by atoms with Crippen molar-refractivity contribution < 1.29 is 27.8 Å². The Morgan fingerprint density at radius 2 is 1.89 bits per heavy atom. The molecule has 0 fully saturated rings. The van der Waals surface area contributed by atoms with Crippen LogP contribution in [-0.4, -0.2) is 52.9 Å². The summed E-state index contributed by atoms with van der Waals surface area (Å²) in [5, 5.41) is 20.5. The van der Waals surface area contributed by atoms with Crippen molar-refractivity contribution in [1.29, 1.82) is 0 Å². The Morgan fingerprint density at radius 1 is 1.19 bits per heavy atom. The van der Waals surface area contributed by atoms with Crippen LogP contribution in [0.4, 0.5) is 13.2 Å². The molecule has 37 heavy (non-hydrogen) atoms. The Hall–Kier alpha value is -3.68. The van der Waals surface area contributed by atoms with E-state index in [4.69, 9.17) is 27.9 Å². The molecular weight excluding hydrogens is 540 g/mol. The van der Waals surface area contributed by atoms with E-state index in [2.05, 4.69) is 20.3 Å². The monoisotopic (exact) mass is 556 g/mol. The van der Waals surface area contributed by atoms with Crippen LogP contribution in [0, 0.1) is 6.92 Å². The number of carbonyl (C=O) groups is 1. The third-order valence-electron chi connectivity index (χ3n) is 5.06. The highest BCUT2D eigenvalue weighted by atomic mass is 35.5. The van der Waals surface area contributed by atoms with Crippen LogP contribution in [0.25, 0.3) is 11.4 Å². The van der Waals surface area contributed by atoms with Gasteiger partial charge >= 0.3 is 17.8 Å². The van der Waals surface area contributed by atoms with Crippen molar-refractivity contribution in [3.63, 3.8) is 0 Å². The minimum absolute atomic E-state index is 0.00673. The highest BCUT2D eigenvalue weighted by molar-refractivity contribution is 6.32. The van der Waals surface area contributed by atoms with E-state index in [0.29, 0.717) is 9.59 Å². The van der Waals surface area contributed by atoms with Crippen molar-refractivity contribution >= 4 is 29.2 Å². The van der Waals surface area contributed by atoms with Crippen molar-refractivity contribution in [2.24, 2.45) is 0 Å². The number of halogens is 5. The summed E-state index contributed by atoms with van der Waals surface area (Å²) in [6.45, 7) is 0.343. The number of benzene rings is 2. The van der Waals surface area contributed by atoms with E-state index >= 15 is 0 Å². The second kappa shape index (κ2) is 10.4. The second-order valence-corrected chi connectivity index (χ2v) is 8.71. The summed E-state index contributed by atoms with van der Waals surface area (Å²) < 4.78 is 45.7. The first-order valence-electron chi connectivity index (χ1n) is 10.5. The molecule has 0 aliphatic heterocycles. The van der Waals surface area contributed by atoms with Crippen molar-refractivity contribution in [3.8, 4) is 17.1 Å². The number of hydrogen-bond donors (Lipinski definition) is 2. The number of aryl methyl sites for hydroxylation is 1. The third-order valence-corrected chi connectivity index (χ3v) is 5.61. The Kier molecular flexibility index (Phi) is 7.39. The largest absolute Gasteiger partial charge is 0.419 e. The van der Waals surface area contributed by atoms with Gasteiger partial charge in [-0.15, -0.1) is 10.2 Å². The molecule has 2 N–H and O–H groups in total. The molecule has 4 rings (SSSR count). The molecule has 194 valence electrons. The molecule has 15 heteroatoms. The molecule has 2 heterocycles. The first kappa shape index (κ1) is 26.4. The molecule has 0 unspecified atom stereocenters. The Labute approximate surface area is 216 Å². The van der Waals surface area contributed by atoms with E-state index in [0.717, 1.165) is 10.2 Å². The summed E-state index contributed by atoms with van der Waals surface area (Å²) in [6.07, 6.45) is -7.77. The van der Waals surface area contributed by atoms with E-state index in [1.165, 1.54) is 30.3 Å². The molecule has 0 saturated carbocycles. The van der Waals surface area contributed by atoms with Gasteiger partial charge in [0.05, 0.1) is 11.6 Å². The van der Waals surface area contributed by atoms with Gasteiger partial charge in [-0.2, -0.15) is 13.2 Å². The third kappa shape index (κ3) is 6.01. The molecule has 0 radical (unpaired) electrons. The number of aliphatic hydroxyl groups excluding tert-OH is 1. The van der Waals surface area contributed by atoms with E-state index in [-0.39, 0.29) is 40.4 Å². The summed E-state index contributed by atoms with van der Waals surface area (Å²) in [5.41, 5.74) is 0.183. The quantitative estimate of drug-likeness (QED) is 0.262. The van der Waals surface area contributed by atoms with Crippen LogP contribution in [-0.2, 0) is 13.1 Å². The van der Waals surface area contributed by atoms with E-state index in [1.54, 1.807) is 12.1 Å². The summed E-state index contributed by atoms with van der Waals surface area (Å²) >= 11 is 11.9. The van der Waals surface area contributed by atoms with Crippen LogP contribution in [0.3, 0.4) is 0 Å². The molecule has 2 aromatic carbocycles. The van der Waals surface area contributed by atoms with E-state index < -0.39 is 30.5 Å². The number of aromatic amines is 1. The van der Waals surface area contributed by atoms with E-state index in [9.17, 15) is 27.9 Å². The summed E-state index contributed by atoms with van der Waals surface area (Å²) in [7, 11) is 0. The Morgan fingerprint density at radius 3 is 2.54 bits per heavy atom. The lowest BCUT2D eigenvalue weighted by atomic mass is 10.2. The average Bonchev–Trinajstić information content (AvgIpc) is 3.41. The lowest BCUT2D eigenvalue weighted by molar-refractivity contribution is -0.207. The maximum Gasteiger partial charge on any atom is 0.416 e. The smallest absolute Gasteiger partial charge is 0.416 e. The highest BCUT2D eigenvalue weighted by Gasteiger charge is 2.39. The number of aromatic nitrogens is 6. The number of nitrogens with zero attached hydrogens (tertiary/aromatic N) is 5. The number of rotatable bonds is 7. The van der Waals surface area contributed by atoms with E-state index in [1.807, 2.05) is 6.92 Å². The van der Waals surface area contributed by atoms with Crippen LogP contribution in [0.2, 0.25) is 10.0 Å². The first-order chi connectivity index (χ1) is 17.4. The fraction of sp³-hybridized carbons (Fsp3) is 0.227. The molecular formula is C22H17Cl2F3N6O4. The van der Waals surface area contributed by atoms with Gasteiger partial charge in [-0.3, -0.25) is 9.67 Å². The van der Waals surface area contributed by atoms with Gasteiger partial charge in [0.15, 0.2) is 11.9 Å². The van der Waals surface area contributed by atoms with Gasteiger partial charge in [0.1, 0.15) is 18.1 Å². The molecule has 0 amide bonds. The first-order valence-corrected chi connectivity index (χ1v) is 11.3. The van der Waals surface area contributed by atoms with Crippen molar-refractivity contribution in [2.75, 3.05) is 0 Å². The standard InChI is InChI=1S/C22H17Cl2F3N6O4/c1-11-2-7-15(14(24)8-11)37-20(35)18-28-17(29-30-18)10-33-21(36)32(9-16(34)22(25,26)27)19(31-33)12-3-5-13(23)6-4-12/h2-8,16,34H,9-10H2,1H3,(H,28,29,30)/t16-/m0/s1. The fourth-order valence-electron chi connectivity index (χ4n) is 3.23. The Bertz CT molecular complexity index is 1500. The minimum atomic E-state index is -4.96.